The number of nitrogens with zero attached hydrogens (tertiary/aromatic N) is 4. The number of β-amino-alcohol motifs (C(OH)–C–C–N with tert-alkyl or cyclic N) is 1. The molecule has 3 heterocycles. The monoisotopic (exact) mass is 322 g/mol. The lowest BCUT2D eigenvalue weighted by Crippen LogP contribution is -2.34. The summed E-state index contributed by atoms with van der Waals surface area (Å²) in [6.07, 6.45) is 4.20. The van der Waals surface area contributed by atoms with Gasteiger partial charge in [0.25, 0.3) is 0 Å². The zero-order valence-corrected chi connectivity index (χ0v) is 12.9. The molecule has 118 valence electrons. The van der Waals surface area contributed by atoms with Gasteiger partial charge in [0, 0.05) is 17.5 Å². The highest BCUT2D eigenvalue weighted by molar-refractivity contribution is 7.10. The minimum atomic E-state index is -0.597. The van der Waals surface area contributed by atoms with Crippen molar-refractivity contribution in [1.82, 2.24) is 14.7 Å². The van der Waals surface area contributed by atoms with Gasteiger partial charge in [-0.05, 0) is 30.8 Å². The third kappa shape index (κ3) is 3.34. The molecule has 0 saturated carbocycles. The Morgan fingerprint density at radius 2 is 2.41 bits per heavy atom. The second-order valence-corrected chi connectivity index (χ2v) is 6.48. The van der Waals surface area contributed by atoms with Gasteiger partial charge in [-0.2, -0.15) is 5.10 Å². The molecule has 0 aromatic carbocycles. The van der Waals surface area contributed by atoms with E-state index in [2.05, 4.69) is 27.5 Å². The van der Waals surface area contributed by atoms with Gasteiger partial charge in [-0.1, -0.05) is 6.07 Å². The molecule has 7 nitrogen and oxygen atoms in total. The molecule has 0 bridgehead atoms. The SMILES string of the molecule is O=[N+]([O-])c1cnn(C[C@@H](O)CN2CCC[C@H]2c2cccs2)c1. The Bertz CT molecular complexity index is 628. The highest BCUT2D eigenvalue weighted by atomic mass is 32.1. The van der Waals surface area contributed by atoms with Crippen LogP contribution in [0.1, 0.15) is 23.8 Å². The largest absolute Gasteiger partial charge is 0.390 e. The average molecular weight is 322 g/mol. The Hall–Kier alpha value is -1.77. The van der Waals surface area contributed by atoms with E-state index in [9.17, 15) is 15.2 Å². The summed E-state index contributed by atoms with van der Waals surface area (Å²) in [5, 5.41) is 26.9. The Kier molecular flexibility index (Phi) is 4.51. The molecule has 1 aliphatic rings. The van der Waals surface area contributed by atoms with Crippen molar-refractivity contribution >= 4 is 17.0 Å². The summed E-state index contributed by atoms with van der Waals surface area (Å²) in [5.41, 5.74) is -0.0511. The second kappa shape index (κ2) is 6.55. The first-order valence-electron chi connectivity index (χ1n) is 7.26. The fourth-order valence-corrected chi connectivity index (χ4v) is 3.83. The van der Waals surface area contributed by atoms with Crippen LogP contribution in [0.25, 0.3) is 0 Å². The van der Waals surface area contributed by atoms with Gasteiger partial charge >= 0.3 is 5.69 Å². The summed E-state index contributed by atoms with van der Waals surface area (Å²) in [5.74, 6) is 0. The van der Waals surface area contributed by atoms with Crippen LogP contribution in [0.15, 0.2) is 29.9 Å². The van der Waals surface area contributed by atoms with Gasteiger partial charge in [0.2, 0.25) is 0 Å². The van der Waals surface area contributed by atoms with Crippen LogP contribution in [0, 0.1) is 10.1 Å². The fraction of sp³-hybridized carbons (Fsp3) is 0.500. The maximum atomic E-state index is 10.6. The van der Waals surface area contributed by atoms with Crippen molar-refractivity contribution in [3.63, 3.8) is 0 Å². The third-order valence-corrected chi connectivity index (χ3v) is 4.88. The summed E-state index contributed by atoms with van der Waals surface area (Å²) in [4.78, 5) is 13.8. The number of thiophene rings is 1. The smallest absolute Gasteiger partial charge is 0.306 e. The number of nitro groups is 1. The molecule has 3 rings (SSSR count). The van der Waals surface area contributed by atoms with Crippen LogP contribution in [-0.4, -0.2) is 43.9 Å². The number of rotatable bonds is 6. The van der Waals surface area contributed by atoms with Crippen molar-refractivity contribution in [2.24, 2.45) is 0 Å². The zero-order chi connectivity index (χ0) is 15.5. The maximum Gasteiger partial charge on any atom is 0.306 e. The van der Waals surface area contributed by atoms with Crippen LogP contribution in [0.2, 0.25) is 0 Å². The number of aromatic nitrogens is 2. The topological polar surface area (TPSA) is 84.4 Å². The van der Waals surface area contributed by atoms with Crippen LogP contribution in [0.3, 0.4) is 0 Å². The molecule has 0 unspecified atom stereocenters. The van der Waals surface area contributed by atoms with Gasteiger partial charge in [0.05, 0.1) is 17.6 Å². The summed E-state index contributed by atoms with van der Waals surface area (Å²) < 4.78 is 1.43. The predicted molar refractivity (Wildman–Crippen MR) is 82.8 cm³/mol. The summed E-state index contributed by atoms with van der Waals surface area (Å²) >= 11 is 1.75. The van der Waals surface area contributed by atoms with Crippen molar-refractivity contribution in [2.75, 3.05) is 13.1 Å². The number of likely N-dealkylation sites (tertiary alicyclic amines) is 1. The first kappa shape index (κ1) is 15.1. The van der Waals surface area contributed by atoms with Crippen molar-refractivity contribution in [1.29, 1.82) is 0 Å². The molecule has 22 heavy (non-hydrogen) atoms. The van der Waals surface area contributed by atoms with Crippen molar-refractivity contribution in [3.8, 4) is 0 Å². The molecule has 2 aromatic rings. The van der Waals surface area contributed by atoms with Crippen molar-refractivity contribution in [3.05, 3.63) is 44.9 Å². The first-order chi connectivity index (χ1) is 10.6. The third-order valence-electron chi connectivity index (χ3n) is 3.91. The Balaban J connectivity index is 1.58. The van der Waals surface area contributed by atoms with E-state index in [4.69, 9.17) is 0 Å². The van der Waals surface area contributed by atoms with Crippen LogP contribution in [0.5, 0.6) is 0 Å². The van der Waals surface area contributed by atoms with Crippen LogP contribution >= 0.6 is 11.3 Å². The highest BCUT2D eigenvalue weighted by Gasteiger charge is 2.28. The van der Waals surface area contributed by atoms with E-state index in [1.165, 1.54) is 22.0 Å². The van der Waals surface area contributed by atoms with Gasteiger partial charge in [-0.3, -0.25) is 19.7 Å². The van der Waals surface area contributed by atoms with Gasteiger partial charge in [0.1, 0.15) is 12.4 Å². The Labute approximate surface area is 131 Å². The lowest BCUT2D eigenvalue weighted by molar-refractivity contribution is -0.385. The van der Waals surface area contributed by atoms with Crippen molar-refractivity contribution in [2.45, 2.75) is 31.5 Å². The van der Waals surface area contributed by atoms with Crippen LogP contribution in [0.4, 0.5) is 5.69 Å². The van der Waals surface area contributed by atoms with E-state index in [-0.39, 0.29) is 12.2 Å². The molecule has 2 aromatic heterocycles. The Morgan fingerprint density at radius 3 is 3.09 bits per heavy atom. The first-order valence-corrected chi connectivity index (χ1v) is 8.14. The fourth-order valence-electron chi connectivity index (χ4n) is 2.94. The van der Waals surface area contributed by atoms with E-state index in [1.54, 1.807) is 11.3 Å². The molecule has 0 aliphatic carbocycles. The van der Waals surface area contributed by atoms with E-state index in [0.29, 0.717) is 12.6 Å². The molecule has 0 amide bonds. The molecular formula is C14H18N4O3S. The van der Waals surface area contributed by atoms with E-state index < -0.39 is 11.0 Å². The molecule has 0 spiro atoms. The number of hydrogen-bond donors (Lipinski definition) is 1. The maximum absolute atomic E-state index is 10.6. The van der Waals surface area contributed by atoms with E-state index in [0.717, 1.165) is 19.4 Å². The number of hydrogen-bond acceptors (Lipinski definition) is 6. The zero-order valence-electron chi connectivity index (χ0n) is 12.0. The number of aliphatic hydroxyl groups excluding tert-OH is 1. The normalized spacial score (nSPS) is 20.3. The highest BCUT2D eigenvalue weighted by Crippen LogP contribution is 2.34. The predicted octanol–water partition coefficient (Wildman–Crippen LogP) is 2.05. The molecule has 8 heteroatoms. The minimum Gasteiger partial charge on any atom is -0.390 e. The molecule has 1 aliphatic heterocycles. The molecule has 1 saturated heterocycles. The lowest BCUT2D eigenvalue weighted by atomic mass is 10.2. The number of aliphatic hydroxyl groups is 1. The summed E-state index contributed by atoms with van der Waals surface area (Å²) in [6, 6.07) is 4.56. The molecule has 2 atom stereocenters. The van der Waals surface area contributed by atoms with Gasteiger partial charge < -0.3 is 5.11 Å². The second-order valence-electron chi connectivity index (χ2n) is 5.50. The Morgan fingerprint density at radius 1 is 1.55 bits per heavy atom. The van der Waals surface area contributed by atoms with Gasteiger partial charge in [0.15, 0.2) is 0 Å². The van der Waals surface area contributed by atoms with E-state index in [1.807, 2.05) is 0 Å². The van der Waals surface area contributed by atoms with Gasteiger partial charge in [-0.25, -0.2) is 0 Å². The molecular weight excluding hydrogens is 304 g/mol. The van der Waals surface area contributed by atoms with Gasteiger partial charge in [-0.15, -0.1) is 11.3 Å². The molecule has 0 radical (unpaired) electrons. The summed E-state index contributed by atoms with van der Waals surface area (Å²) in [7, 11) is 0. The minimum absolute atomic E-state index is 0.0511. The average Bonchev–Trinajstić information content (AvgIpc) is 3.18. The standard InChI is InChI=1S/C14H18N4O3S/c19-12(10-17-8-11(7-15-17)18(20)21)9-16-5-1-3-13(16)14-4-2-6-22-14/h2,4,6-8,12-13,19H,1,3,5,9-10H2/t12-,13-/m0/s1. The lowest BCUT2D eigenvalue weighted by Gasteiger charge is -2.26. The molecule has 1 N–H and O–H groups in total. The summed E-state index contributed by atoms with van der Waals surface area (Å²) in [6.45, 7) is 1.79. The quantitative estimate of drug-likeness (QED) is 0.650. The van der Waals surface area contributed by atoms with E-state index >= 15 is 0 Å². The molecule has 1 fully saturated rings. The van der Waals surface area contributed by atoms with Crippen LogP contribution < -0.4 is 0 Å². The van der Waals surface area contributed by atoms with Crippen LogP contribution in [-0.2, 0) is 6.54 Å². The van der Waals surface area contributed by atoms with Crippen molar-refractivity contribution < 1.29 is 10.0 Å².